The largest absolute Gasteiger partial charge is 0.465 e. The van der Waals surface area contributed by atoms with Gasteiger partial charge in [0.25, 0.3) is 0 Å². The summed E-state index contributed by atoms with van der Waals surface area (Å²) in [6.45, 7) is 1.21. The minimum atomic E-state index is 0.00358. The Labute approximate surface area is 90.7 Å². The van der Waals surface area contributed by atoms with Crippen LogP contribution in [0.15, 0.2) is 12.2 Å². The number of esters is 1. The molecular weight excluding hydrogens is 190 g/mol. The molecule has 2 aliphatic rings. The molecule has 1 fully saturated rings. The van der Waals surface area contributed by atoms with Crippen LogP contribution in [0.25, 0.3) is 0 Å². The van der Waals surface area contributed by atoms with Gasteiger partial charge < -0.3 is 10.5 Å². The van der Waals surface area contributed by atoms with Gasteiger partial charge in [0.05, 0.1) is 12.5 Å². The van der Waals surface area contributed by atoms with E-state index in [4.69, 9.17) is 10.5 Å². The number of fused-ring (bicyclic) bond motifs is 2. The predicted octanol–water partition coefficient (Wildman–Crippen LogP) is 1.48. The van der Waals surface area contributed by atoms with E-state index < -0.39 is 0 Å². The van der Waals surface area contributed by atoms with E-state index in [1.165, 1.54) is 0 Å². The average Bonchev–Trinajstić information content (AvgIpc) is 2.85. The van der Waals surface area contributed by atoms with Crippen molar-refractivity contribution in [2.45, 2.75) is 25.7 Å². The smallest absolute Gasteiger partial charge is 0.309 e. The van der Waals surface area contributed by atoms with Crippen LogP contribution in [0.3, 0.4) is 0 Å². The van der Waals surface area contributed by atoms with Gasteiger partial charge >= 0.3 is 5.97 Å². The number of nitrogens with two attached hydrogens (primary N) is 1. The number of ether oxygens (including phenoxy) is 1. The second-order valence-corrected chi connectivity index (χ2v) is 4.55. The number of rotatable bonds is 5. The zero-order valence-electron chi connectivity index (χ0n) is 9.02. The summed E-state index contributed by atoms with van der Waals surface area (Å²) in [5.74, 6) is 1.23. The van der Waals surface area contributed by atoms with E-state index in [1.54, 1.807) is 0 Å². The molecule has 0 spiro atoms. The number of hydrogen-bond acceptors (Lipinski definition) is 3. The first-order valence-corrected chi connectivity index (χ1v) is 5.86. The Kier molecular flexibility index (Phi) is 3.41. The van der Waals surface area contributed by atoms with Gasteiger partial charge in [-0.3, -0.25) is 4.79 Å². The molecule has 84 valence electrons. The normalized spacial score (nSPS) is 32.2. The highest BCUT2D eigenvalue weighted by molar-refractivity contribution is 5.74. The van der Waals surface area contributed by atoms with E-state index >= 15 is 0 Å². The number of allylic oxidation sites excluding steroid dienone is 2. The molecule has 3 unspecified atom stereocenters. The fourth-order valence-electron chi connectivity index (χ4n) is 2.58. The lowest BCUT2D eigenvalue weighted by atomic mass is 9.94. The maximum absolute atomic E-state index is 11.7. The molecule has 0 aliphatic heterocycles. The lowest BCUT2D eigenvalue weighted by Gasteiger charge is -2.16. The van der Waals surface area contributed by atoms with Gasteiger partial charge in [0.15, 0.2) is 0 Å². The molecule has 0 aromatic carbocycles. The van der Waals surface area contributed by atoms with E-state index in [2.05, 4.69) is 12.2 Å². The molecule has 0 amide bonds. The van der Waals surface area contributed by atoms with Gasteiger partial charge in [-0.25, -0.2) is 0 Å². The average molecular weight is 209 g/mol. The third kappa shape index (κ3) is 2.40. The molecule has 2 aliphatic carbocycles. The van der Waals surface area contributed by atoms with Crippen LogP contribution in [0.5, 0.6) is 0 Å². The van der Waals surface area contributed by atoms with E-state index in [0.29, 0.717) is 25.0 Å². The summed E-state index contributed by atoms with van der Waals surface area (Å²) in [6, 6.07) is 0. The van der Waals surface area contributed by atoms with E-state index in [9.17, 15) is 4.79 Å². The fraction of sp³-hybridized carbons (Fsp3) is 0.750. The van der Waals surface area contributed by atoms with Crippen LogP contribution in [0, 0.1) is 17.8 Å². The van der Waals surface area contributed by atoms with Gasteiger partial charge in [0.2, 0.25) is 0 Å². The number of hydrogen-bond donors (Lipinski definition) is 1. The van der Waals surface area contributed by atoms with Crippen LogP contribution in [-0.4, -0.2) is 19.1 Å². The van der Waals surface area contributed by atoms with Crippen LogP contribution in [-0.2, 0) is 9.53 Å². The highest BCUT2D eigenvalue weighted by atomic mass is 16.5. The highest BCUT2D eigenvalue weighted by Gasteiger charge is 2.40. The Morgan fingerprint density at radius 1 is 1.33 bits per heavy atom. The standard InChI is InChI=1S/C12H19NO2/c13-5-1-2-6-15-12(14)11-8-9-3-4-10(11)7-9/h3-4,9-11H,1-2,5-8,13H2. The van der Waals surface area contributed by atoms with Crippen molar-refractivity contribution in [3.63, 3.8) is 0 Å². The van der Waals surface area contributed by atoms with Crippen molar-refractivity contribution in [3.8, 4) is 0 Å². The van der Waals surface area contributed by atoms with Crippen LogP contribution in [0.2, 0.25) is 0 Å². The molecule has 2 bridgehead atoms. The van der Waals surface area contributed by atoms with Gasteiger partial charge in [-0.1, -0.05) is 12.2 Å². The third-order valence-electron chi connectivity index (χ3n) is 3.42. The van der Waals surface area contributed by atoms with Gasteiger partial charge in [0, 0.05) is 0 Å². The summed E-state index contributed by atoms with van der Waals surface area (Å²) in [7, 11) is 0. The first-order valence-electron chi connectivity index (χ1n) is 5.86. The molecule has 0 heterocycles. The van der Waals surface area contributed by atoms with Crippen molar-refractivity contribution >= 4 is 5.97 Å². The summed E-state index contributed by atoms with van der Waals surface area (Å²) in [5.41, 5.74) is 5.37. The third-order valence-corrected chi connectivity index (χ3v) is 3.42. The molecule has 1 saturated carbocycles. The highest BCUT2D eigenvalue weighted by Crippen LogP contribution is 2.43. The van der Waals surface area contributed by atoms with Gasteiger partial charge in [-0.05, 0) is 44.1 Å². The zero-order chi connectivity index (χ0) is 10.7. The molecule has 3 nitrogen and oxygen atoms in total. The molecule has 0 radical (unpaired) electrons. The molecule has 3 heteroatoms. The number of carbonyl (C=O) groups excluding carboxylic acids is 1. The molecular formula is C12H19NO2. The molecule has 0 saturated heterocycles. The van der Waals surface area contributed by atoms with Crippen molar-refractivity contribution in [1.82, 2.24) is 0 Å². The van der Waals surface area contributed by atoms with Crippen molar-refractivity contribution in [1.29, 1.82) is 0 Å². The Morgan fingerprint density at radius 2 is 2.20 bits per heavy atom. The summed E-state index contributed by atoms with van der Waals surface area (Å²) in [6.07, 6.45) is 8.39. The Bertz CT molecular complexity index is 262. The molecule has 15 heavy (non-hydrogen) atoms. The monoisotopic (exact) mass is 209 g/mol. The first-order chi connectivity index (χ1) is 7.31. The lowest BCUT2D eigenvalue weighted by molar-refractivity contribution is -0.149. The molecule has 2 N–H and O–H groups in total. The Balaban J connectivity index is 1.70. The van der Waals surface area contributed by atoms with Crippen molar-refractivity contribution < 1.29 is 9.53 Å². The minimum absolute atomic E-state index is 0.00358. The summed E-state index contributed by atoms with van der Waals surface area (Å²) >= 11 is 0. The number of unbranched alkanes of at least 4 members (excludes halogenated alkanes) is 1. The van der Waals surface area contributed by atoms with Gasteiger partial charge in [-0.2, -0.15) is 0 Å². The second-order valence-electron chi connectivity index (χ2n) is 4.55. The van der Waals surface area contributed by atoms with E-state index in [0.717, 1.165) is 25.7 Å². The van der Waals surface area contributed by atoms with E-state index in [-0.39, 0.29) is 11.9 Å². The Morgan fingerprint density at radius 3 is 2.80 bits per heavy atom. The van der Waals surface area contributed by atoms with Gasteiger partial charge in [0.1, 0.15) is 0 Å². The van der Waals surface area contributed by atoms with E-state index in [1.807, 2.05) is 0 Å². The molecule has 0 aromatic heterocycles. The Hall–Kier alpha value is -0.830. The van der Waals surface area contributed by atoms with Crippen LogP contribution in [0.4, 0.5) is 0 Å². The maximum Gasteiger partial charge on any atom is 0.309 e. The second kappa shape index (κ2) is 4.79. The molecule has 3 atom stereocenters. The summed E-state index contributed by atoms with van der Waals surface area (Å²) in [5, 5.41) is 0. The van der Waals surface area contributed by atoms with Crippen molar-refractivity contribution in [2.24, 2.45) is 23.5 Å². The lowest BCUT2D eigenvalue weighted by Crippen LogP contribution is -2.22. The summed E-state index contributed by atoms with van der Waals surface area (Å²) in [4.78, 5) is 11.7. The van der Waals surface area contributed by atoms with Crippen LogP contribution in [0.1, 0.15) is 25.7 Å². The zero-order valence-corrected chi connectivity index (χ0v) is 9.02. The van der Waals surface area contributed by atoms with Crippen LogP contribution >= 0.6 is 0 Å². The van der Waals surface area contributed by atoms with Gasteiger partial charge in [-0.15, -0.1) is 0 Å². The molecule has 2 rings (SSSR count). The minimum Gasteiger partial charge on any atom is -0.465 e. The first kappa shape index (κ1) is 10.7. The SMILES string of the molecule is NCCCCOC(=O)C1CC2C=CC1C2. The maximum atomic E-state index is 11.7. The van der Waals surface area contributed by atoms with Crippen LogP contribution < -0.4 is 5.73 Å². The predicted molar refractivity (Wildman–Crippen MR) is 58.1 cm³/mol. The topological polar surface area (TPSA) is 52.3 Å². The quantitative estimate of drug-likeness (QED) is 0.424. The van der Waals surface area contributed by atoms with Crippen molar-refractivity contribution in [2.75, 3.05) is 13.2 Å². The summed E-state index contributed by atoms with van der Waals surface area (Å²) < 4.78 is 5.25. The number of carbonyl (C=O) groups is 1. The molecule has 0 aromatic rings. The fourth-order valence-corrected chi connectivity index (χ4v) is 2.58. The van der Waals surface area contributed by atoms with Crippen molar-refractivity contribution in [3.05, 3.63) is 12.2 Å².